The van der Waals surface area contributed by atoms with Crippen LogP contribution in [0.2, 0.25) is 0 Å². The van der Waals surface area contributed by atoms with Crippen LogP contribution >= 0.6 is 0 Å². The number of carbonyl (C=O) groups excluding carboxylic acids is 1. The van der Waals surface area contributed by atoms with E-state index in [-0.39, 0.29) is 4.92 Å². The molecular weight excluding hydrogens is 326 g/mol. The zero-order chi connectivity index (χ0) is 19.3. The maximum absolute atomic E-state index is 11.0. The molecule has 4 nitrogen and oxygen atoms in total. The highest BCUT2D eigenvalue weighted by molar-refractivity contribution is 5.50. The summed E-state index contributed by atoms with van der Waals surface area (Å²) in [5, 5.41) is 11.0. The van der Waals surface area contributed by atoms with Crippen molar-refractivity contribution in [2.45, 2.75) is 71.1 Å². The molecule has 4 heteroatoms. The van der Waals surface area contributed by atoms with Crippen LogP contribution in [0.4, 0.5) is 0 Å². The molecule has 0 N–H and O–H groups in total. The average Bonchev–Trinajstić information content (AvgIpc) is 2.63. The van der Waals surface area contributed by atoms with Crippen molar-refractivity contribution >= 4 is 6.29 Å². The van der Waals surface area contributed by atoms with E-state index in [1.54, 1.807) is 6.08 Å². The van der Waals surface area contributed by atoms with Gasteiger partial charge in [-0.15, -0.1) is 0 Å². The maximum atomic E-state index is 11.0. The van der Waals surface area contributed by atoms with Gasteiger partial charge in [0.25, 0.3) is 0 Å². The molecule has 0 aromatic rings. The third kappa shape index (κ3) is 16.6. The van der Waals surface area contributed by atoms with Gasteiger partial charge in [-0.3, -0.25) is 14.9 Å². The molecule has 0 aliphatic rings. The topological polar surface area (TPSA) is 60.2 Å². The van der Waals surface area contributed by atoms with E-state index in [0.717, 1.165) is 51.4 Å². The first-order valence-electron chi connectivity index (χ1n) is 9.50. The van der Waals surface area contributed by atoms with Crippen LogP contribution in [0.1, 0.15) is 71.1 Å². The highest BCUT2D eigenvalue weighted by Crippen LogP contribution is 2.09. The van der Waals surface area contributed by atoms with E-state index >= 15 is 0 Å². The molecule has 26 heavy (non-hydrogen) atoms. The second kappa shape index (κ2) is 19.1. The molecule has 0 unspecified atom stereocenters. The number of allylic oxidation sites excluding steroid dienone is 9. The van der Waals surface area contributed by atoms with E-state index in [0.29, 0.717) is 18.5 Å². The van der Waals surface area contributed by atoms with Crippen molar-refractivity contribution in [3.8, 4) is 0 Å². The Hall–Kier alpha value is -2.23. The van der Waals surface area contributed by atoms with Crippen molar-refractivity contribution in [2.75, 3.05) is 0 Å². The van der Waals surface area contributed by atoms with Crippen molar-refractivity contribution in [2.24, 2.45) is 0 Å². The second-order valence-corrected chi connectivity index (χ2v) is 5.93. The van der Waals surface area contributed by atoms with E-state index in [4.69, 9.17) is 0 Å². The van der Waals surface area contributed by atoms with Gasteiger partial charge in [0.1, 0.15) is 0 Å². The summed E-state index contributed by atoms with van der Waals surface area (Å²) in [6, 6.07) is 0. The van der Waals surface area contributed by atoms with Gasteiger partial charge in [-0.25, -0.2) is 0 Å². The number of rotatable bonds is 16. The van der Waals surface area contributed by atoms with Crippen molar-refractivity contribution < 1.29 is 9.72 Å². The van der Waals surface area contributed by atoms with Gasteiger partial charge in [0.15, 0.2) is 6.29 Å². The van der Waals surface area contributed by atoms with E-state index in [1.807, 2.05) is 30.6 Å². The zero-order valence-electron chi connectivity index (χ0n) is 15.9. The first-order valence-corrected chi connectivity index (χ1v) is 9.50. The monoisotopic (exact) mass is 358 g/mol. The van der Waals surface area contributed by atoms with Gasteiger partial charge in [-0.05, 0) is 44.6 Å². The predicted octanol–water partition coefficient (Wildman–Crippen LogP) is 6.40. The van der Waals surface area contributed by atoms with Crippen LogP contribution in [0.25, 0.3) is 0 Å². The molecule has 0 atom stereocenters. The Morgan fingerprint density at radius 1 is 0.885 bits per heavy atom. The molecule has 0 bridgehead atoms. The van der Waals surface area contributed by atoms with Crippen LogP contribution in [0.15, 0.2) is 60.4 Å². The summed E-state index contributed by atoms with van der Waals surface area (Å²) in [6.07, 6.45) is 28.0. The van der Waals surface area contributed by atoms with Crippen LogP contribution in [-0.2, 0) is 4.79 Å². The van der Waals surface area contributed by atoms with Gasteiger partial charge in [0.2, 0.25) is 5.70 Å². The Morgan fingerprint density at radius 2 is 1.46 bits per heavy atom. The van der Waals surface area contributed by atoms with Crippen LogP contribution in [0, 0.1) is 10.1 Å². The quantitative estimate of drug-likeness (QED) is 0.139. The largest absolute Gasteiger partial charge is 0.291 e. The normalized spacial score (nSPS) is 12.9. The van der Waals surface area contributed by atoms with E-state index in [2.05, 4.69) is 31.2 Å². The third-order valence-electron chi connectivity index (χ3n) is 3.65. The highest BCUT2D eigenvalue weighted by atomic mass is 16.6. The molecule has 0 heterocycles. The summed E-state index contributed by atoms with van der Waals surface area (Å²) in [6.45, 7) is 2.12. The minimum absolute atomic E-state index is 0.275. The minimum Gasteiger partial charge on any atom is -0.291 e. The number of unbranched alkanes of at least 4 members (excludes halogenated alkanes) is 4. The zero-order valence-corrected chi connectivity index (χ0v) is 15.9. The number of nitrogens with zero attached hydrogens (tertiary/aromatic N) is 1. The molecular formula is C22H32NO3. The Balaban J connectivity index is 3.88. The molecule has 0 amide bonds. The fourth-order valence-corrected chi connectivity index (χ4v) is 2.17. The van der Waals surface area contributed by atoms with E-state index in [9.17, 15) is 14.9 Å². The standard InChI is InChI=1S/C22H32NO3/c1-2-3-4-16-19-22(23(25)26)20-17-14-12-10-8-6-5-7-9-11-13-15-18-21-24/h5,7-8,10-11,13-14,17,19H,2-4,6,9,12,15-16,18,20H2,1H3/b7-5-,10-8-,13-11-,17-14-,22-19+. The fraction of sp³-hybridized carbons (Fsp3) is 0.500. The molecule has 0 aromatic heterocycles. The summed E-state index contributed by atoms with van der Waals surface area (Å²) < 4.78 is 0. The molecule has 0 aliphatic heterocycles. The predicted molar refractivity (Wildman–Crippen MR) is 109 cm³/mol. The Bertz CT molecular complexity index is 513. The average molecular weight is 359 g/mol. The van der Waals surface area contributed by atoms with Gasteiger partial charge < -0.3 is 0 Å². The van der Waals surface area contributed by atoms with Gasteiger partial charge in [-0.2, -0.15) is 0 Å². The van der Waals surface area contributed by atoms with Crippen molar-refractivity contribution in [1.29, 1.82) is 0 Å². The van der Waals surface area contributed by atoms with Crippen molar-refractivity contribution in [3.05, 3.63) is 70.5 Å². The summed E-state index contributed by atoms with van der Waals surface area (Å²) in [7, 11) is 0. The molecule has 143 valence electrons. The number of nitro groups is 1. The lowest BCUT2D eigenvalue weighted by Crippen LogP contribution is -1.97. The summed E-state index contributed by atoms with van der Waals surface area (Å²) in [5.74, 6) is 0. The van der Waals surface area contributed by atoms with Crippen LogP contribution in [0.3, 0.4) is 0 Å². The summed E-state index contributed by atoms with van der Waals surface area (Å²) in [4.78, 5) is 20.7. The lowest BCUT2D eigenvalue weighted by molar-refractivity contribution is -0.427. The number of hydrogen-bond donors (Lipinski definition) is 0. The molecule has 0 aliphatic carbocycles. The Kier molecular flexibility index (Phi) is 17.5. The molecule has 1 radical (unpaired) electrons. The number of hydrogen-bond acceptors (Lipinski definition) is 3. The minimum atomic E-state index is -0.275. The second-order valence-electron chi connectivity index (χ2n) is 5.93. The van der Waals surface area contributed by atoms with Crippen LogP contribution < -0.4 is 0 Å². The Labute approximate surface area is 158 Å². The van der Waals surface area contributed by atoms with Gasteiger partial charge in [0.05, 0.1) is 11.3 Å². The SMILES string of the molecule is CCCCC/C=C(\C/C=C\C/C=C\C/C=C\C/C=C\CC[C]=O)[N+](=O)[O-]. The molecule has 0 saturated heterocycles. The van der Waals surface area contributed by atoms with Gasteiger partial charge in [0, 0.05) is 6.42 Å². The third-order valence-corrected chi connectivity index (χ3v) is 3.65. The molecule has 0 fully saturated rings. The lowest BCUT2D eigenvalue weighted by Gasteiger charge is -1.95. The fourth-order valence-electron chi connectivity index (χ4n) is 2.17. The van der Waals surface area contributed by atoms with Crippen LogP contribution in [0.5, 0.6) is 0 Å². The Morgan fingerprint density at radius 3 is 2.00 bits per heavy atom. The molecule has 0 rings (SSSR count). The smallest absolute Gasteiger partial charge is 0.246 e. The maximum Gasteiger partial charge on any atom is 0.246 e. The summed E-state index contributed by atoms with van der Waals surface area (Å²) in [5.41, 5.74) is 0.295. The summed E-state index contributed by atoms with van der Waals surface area (Å²) >= 11 is 0. The van der Waals surface area contributed by atoms with E-state index in [1.165, 1.54) is 0 Å². The highest BCUT2D eigenvalue weighted by Gasteiger charge is 2.06. The van der Waals surface area contributed by atoms with Gasteiger partial charge in [-0.1, -0.05) is 68.4 Å². The molecule has 0 aromatic carbocycles. The molecule has 0 spiro atoms. The first-order chi connectivity index (χ1) is 12.7. The van der Waals surface area contributed by atoms with Gasteiger partial charge >= 0.3 is 0 Å². The first kappa shape index (κ1) is 23.8. The van der Waals surface area contributed by atoms with E-state index < -0.39 is 0 Å². The lowest BCUT2D eigenvalue weighted by atomic mass is 10.1. The van der Waals surface area contributed by atoms with Crippen molar-refractivity contribution in [3.63, 3.8) is 0 Å². The van der Waals surface area contributed by atoms with Crippen molar-refractivity contribution in [1.82, 2.24) is 0 Å². The molecule has 0 saturated carbocycles. The van der Waals surface area contributed by atoms with Crippen LogP contribution in [-0.4, -0.2) is 11.2 Å².